The Kier molecular flexibility index (Phi) is 4.90. The molecule has 2 aromatic rings. The van der Waals surface area contributed by atoms with Gasteiger partial charge in [0.05, 0.1) is 25.0 Å². The lowest BCUT2D eigenvalue weighted by molar-refractivity contribution is -0.138. The van der Waals surface area contributed by atoms with Crippen LogP contribution in [0, 0.1) is 0 Å². The van der Waals surface area contributed by atoms with Gasteiger partial charge in [-0.1, -0.05) is 18.2 Å². The third kappa shape index (κ3) is 3.99. The summed E-state index contributed by atoms with van der Waals surface area (Å²) in [6.07, 6.45) is 3.77. The molecule has 7 heteroatoms. The lowest BCUT2D eigenvalue weighted by Gasteiger charge is -2.28. The lowest BCUT2D eigenvalue weighted by atomic mass is 10.3. The Hall–Kier alpha value is -2.67. The molecule has 1 aliphatic rings. The van der Waals surface area contributed by atoms with Gasteiger partial charge in [0.25, 0.3) is 0 Å². The van der Waals surface area contributed by atoms with E-state index in [1.807, 2.05) is 59.4 Å². The van der Waals surface area contributed by atoms with Crippen molar-refractivity contribution in [3.05, 3.63) is 48.3 Å². The van der Waals surface area contributed by atoms with Crippen molar-refractivity contribution in [2.24, 2.45) is 0 Å². The van der Waals surface area contributed by atoms with Gasteiger partial charge in [0, 0.05) is 31.4 Å². The van der Waals surface area contributed by atoms with Gasteiger partial charge in [-0.3, -0.25) is 14.5 Å². The number of nitrogens with one attached hydrogen (secondary N) is 1. The van der Waals surface area contributed by atoms with Crippen LogP contribution >= 0.6 is 0 Å². The summed E-state index contributed by atoms with van der Waals surface area (Å²) in [7, 11) is 1.89. The van der Waals surface area contributed by atoms with Crippen molar-refractivity contribution >= 4 is 11.8 Å². The molecule has 1 aromatic carbocycles. The van der Waals surface area contributed by atoms with Gasteiger partial charge in [0.1, 0.15) is 0 Å². The van der Waals surface area contributed by atoms with E-state index in [0.717, 1.165) is 11.3 Å². The number of para-hydroxylation sites is 1. The van der Waals surface area contributed by atoms with E-state index in [-0.39, 0.29) is 24.9 Å². The first kappa shape index (κ1) is 16.2. The average Bonchev–Trinajstić information content (AvgIpc) is 3.04. The molecule has 1 aromatic heterocycles. The van der Waals surface area contributed by atoms with Crippen LogP contribution in [0.15, 0.2) is 42.7 Å². The first-order valence-corrected chi connectivity index (χ1v) is 7.94. The Balaban J connectivity index is 1.55. The van der Waals surface area contributed by atoms with Gasteiger partial charge in [-0.25, -0.2) is 4.68 Å². The fraction of sp³-hybridized carbons (Fsp3) is 0.353. The van der Waals surface area contributed by atoms with Crippen LogP contribution in [0.25, 0.3) is 5.69 Å². The third-order valence-electron chi connectivity index (χ3n) is 3.91. The zero-order chi connectivity index (χ0) is 16.9. The smallest absolute Gasteiger partial charge is 0.239 e. The summed E-state index contributed by atoms with van der Waals surface area (Å²) in [5.41, 5.74) is 2.03. The van der Waals surface area contributed by atoms with Gasteiger partial charge in [0.2, 0.25) is 11.8 Å². The number of nitrogens with zero attached hydrogens (tertiary/aromatic N) is 4. The number of hydrogen-bond acceptors (Lipinski definition) is 4. The molecule has 0 bridgehead atoms. The SMILES string of the molecule is CN(CC(=O)N1CCNC(=O)C1)Cc1cnn(-c2ccccc2)c1. The zero-order valence-electron chi connectivity index (χ0n) is 13.7. The number of benzene rings is 1. The van der Waals surface area contributed by atoms with Gasteiger partial charge in [-0.2, -0.15) is 5.10 Å². The summed E-state index contributed by atoms with van der Waals surface area (Å²) in [6.45, 7) is 2.16. The van der Waals surface area contributed by atoms with E-state index in [1.165, 1.54) is 0 Å². The molecule has 0 saturated carbocycles. The fourth-order valence-corrected chi connectivity index (χ4v) is 2.71. The van der Waals surface area contributed by atoms with Crippen LogP contribution in [0.2, 0.25) is 0 Å². The Morgan fingerprint density at radius 3 is 2.88 bits per heavy atom. The highest BCUT2D eigenvalue weighted by atomic mass is 16.2. The minimum Gasteiger partial charge on any atom is -0.353 e. The van der Waals surface area contributed by atoms with Gasteiger partial charge >= 0.3 is 0 Å². The van der Waals surface area contributed by atoms with Crippen molar-refractivity contribution in [3.63, 3.8) is 0 Å². The number of amides is 2. The number of hydrogen-bond donors (Lipinski definition) is 1. The maximum atomic E-state index is 12.3. The van der Waals surface area contributed by atoms with Crippen LogP contribution in [0.4, 0.5) is 0 Å². The van der Waals surface area contributed by atoms with E-state index in [2.05, 4.69) is 10.4 Å². The van der Waals surface area contributed by atoms with E-state index >= 15 is 0 Å². The molecule has 7 nitrogen and oxygen atoms in total. The van der Waals surface area contributed by atoms with Crippen LogP contribution in [0.3, 0.4) is 0 Å². The second-order valence-corrected chi connectivity index (χ2v) is 5.97. The molecule has 126 valence electrons. The first-order valence-electron chi connectivity index (χ1n) is 7.94. The highest BCUT2D eigenvalue weighted by Gasteiger charge is 2.21. The number of aromatic nitrogens is 2. The van der Waals surface area contributed by atoms with Crippen molar-refractivity contribution in [2.75, 3.05) is 33.2 Å². The second-order valence-electron chi connectivity index (χ2n) is 5.97. The fourth-order valence-electron chi connectivity index (χ4n) is 2.71. The van der Waals surface area contributed by atoms with E-state index < -0.39 is 0 Å². The monoisotopic (exact) mass is 327 g/mol. The van der Waals surface area contributed by atoms with E-state index in [1.54, 1.807) is 4.90 Å². The van der Waals surface area contributed by atoms with E-state index in [0.29, 0.717) is 19.6 Å². The summed E-state index contributed by atoms with van der Waals surface area (Å²) in [4.78, 5) is 27.1. The quantitative estimate of drug-likeness (QED) is 0.855. The van der Waals surface area contributed by atoms with Crippen LogP contribution in [-0.4, -0.2) is 64.6 Å². The molecule has 0 radical (unpaired) electrons. The average molecular weight is 327 g/mol. The Bertz CT molecular complexity index is 713. The Morgan fingerprint density at radius 2 is 2.12 bits per heavy atom. The Labute approximate surface area is 140 Å². The minimum atomic E-state index is -0.0959. The summed E-state index contributed by atoms with van der Waals surface area (Å²) in [5, 5.41) is 7.08. The highest BCUT2D eigenvalue weighted by Crippen LogP contribution is 2.09. The molecular formula is C17H21N5O2. The number of carbonyl (C=O) groups excluding carboxylic acids is 2. The van der Waals surface area contributed by atoms with Crippen molar-refractivity contribution in [1.29, 1.82) is 0 Å². The molecule has 24 heavy (non-hydrogen) atoms. The molecule has 1 N–H and O–H groups in total. The van der Waals surface area contributed by atoms with Gasteiger partial charge < -0.3 is 10.2 Å². The standard InChI is InChI=1S/C17H21N5O2/c1-20(13-17(24)21-8-7-18-16(23)12-21)10-14-9-19-22(11-14)15-5-3-2-4-6-15/h2-6,9,11H,7-8,10,12-13H2,1H3,(H,18,23). The summed E-state index contributed by atoms with van der Waals surface area (Å²) in [6, 6.07) is 9.89. The normalized spacial score (nSPS) is 14.8. The molecule has 0 aliphatic carbocycles. The second kappa shape index (κ2) is 7.27. The molecule has 0 unspecified atom stereocenters. The topological polar surface area (TPSA) is 70.5 Å². The molecule has 0 spiro atoms. The number of rotatable bonds is 5. The summed E-state index contributed by atoms with van der Waals surface area (Å²) < 4.78 is 1.82. The number of carbonyl (C=O) groups is 2. The highest BCUT2D eigenvalue weighted by molar-refractivity contribution is 5.86. The van der Waals surface area contributed by atoms with Crippen molar-refractivity contribution in [1.82, 2.24) is 24.9 Å². The maximum Gasteiger partial charge on any atom is 0.239 e. The van der Waals surface area contributed by atoms with Crippen molar-refractivity contribution < 1.29 is 9.59 Å². The maximum absolute atomic E-state index is 12.3. The lowest BCUT2D eigenvalue weighted by Crippen LogP contribution is -2.52. The predicted molar refractivity (Wildman–Crippen MR) is 89.5 cm³/mol. The van der Waals surface area contributed by atoms with Gasteiger partial charge in [-0.05, 0) is 19.2 Å². The van der Waals surface area contributed by atoms with Crippen molar-refractivity contribution in [3.8, 4) is 5.69 Å². The zero-order valence-corrected chi connectivity index (χ0v) is 13.7. The molecule has 1 fully saturated rings. The minimum absolute atomic E-state index is 0.0252. The molecule has 1 saturated heterocycles. The molecule has 3 rings (SSSR count). The first-order chi connectivity index (χ1) is 11.6. The molecule has 1 aliphatic heterocycles. The number of likely N-dealkylation sites (N-methyl/N-ethyl adjacent to an activating group) is 1. The molecular weight excluding hydrogens is 306 g/mol. The van der Waals surface area contributed by atoms with E-state index in [9.17, 15) is 9.59 Å². The third-order valence-corrected chi connectivity index (χ3v) is 3.91. The largest absolute Gasteiger partial charge is 0.353 e. The molecule has 2 heterocycles. The van der Waals surface area contributed by atoms with Crippen LogP contribution < -0.4 is 5.32 Å². The summed E-state index contributed by atoms with van der Waals surface area (Å²) in [5.74, 6) is -0.121. The Morgan fingerprint density at radius 1 is 1.33 bits per heavy atom. The summed E-state index contributed by atoms with van der Waals surface area (Å²) >= 11 is 0. The van der Waals surface area contributed by atoms with Crippen molar-refractivity contribution in [2.45, 2.75) is 6.54 Å². The van der Waals surface area contributed by atoms with Crippen LogP contribution in [0.1, 0.15) is 5.56 Å². The molecule has 2 amide bonds. The van der Waals surface area contributed by atoms with Crippen LogP contribution in [-0.2, 0) is 16.1 Å². The van der Waals surface area contributed by atoms with Crippen LogP contribution in [0.5, 0.6) is 0 Å². The van der Waals surface area contributed by atoms with E-state index in [4.69, 9.17) is 0 Å². The van der Waals surface area contributed by atoms with Gasteiger partial charge in [-0.15, -0.1) is 0 Å². The number of piperazine rings is 1. The van der Waals surface area contributed by atoms with Gasteiger partial charge in [0.15, 0.2) is 0 Å². The predicted octanol–water partition coefficient (Wildman–Crippen LogP) is 0.263. The molecule has 0 atom stereocenters.